The van der Waals surface area contributed by atoms with Crippen molar-refractivity contribution in [2.75, 3.05) is 0 Å². The van der Waals surface area contributed by atoms with Gasteiger partial charge >= 0.3 is 5.97 Å². The lowest BCUT2D eigenvalue weighted by molar-refractivity contribution is 0.0697. The van der Waals surface area contributed by atoms with Crippen LogP contribution in [0.15, 0.2) is 12.1 Å². The van der Waals surface area contributed by atoms with Crippen LogP contribution in [0.3, 0.4) is 0 Å². The Morgan fingerprint density at radius 2 is 1.68 bits per heavy atom. The smallest absolute Gasteiger partial charge is 0.337 e. The van der Waals surface area contributed by atoms with E-state index in [-0.39, 0.29) is 5.56 Å². The lowest BCUT2D eigenvalue weighted by Crippen LogP contribution is -2.06. The van der Waals surface area contributed by atoms with Gasteiger partial charge in [-0.15, -0.1) is 0 Å². The lowest BCUT2D eigenvalue weighted by Gasteiger charge is -2.15. The largest absolute Gasteiger partial charge is 0.478 e. The summed E-state index contributed by atoms with van der Waals surface area (Å²) in [6.07, 6.45) is 0. The van der Waals surface area contributed by atoms with Crippen LogP contribution in [0.4, 0.5) is 0 Å². The number of carboxylic acids is 1. The minimum Gasteiger partial charge on any atom is -0.478 e. The monoisotopic (exact) mass is 370 g/mol. The van der Waals surface area contributed by atoms with Crippen molar-refractivity contribution in [1.82, 2.24) is 0 Å². The van der Waals surface area contributed by atoms with Crippen LogP contribution in [0, 0.1) is 31.3 Å². The normalized spacial score (nSPS) is 10.9. The molecule has 19 heavy (non-hydrogen) atoms. The van der Waals surface area contributed by atoms with E-state index in [1.165, 1.54) is 0 Å². The Kier molecular flexibility index (Phi) is 3.71. The molecule has 0 unspecified atom stereocenters. The first-order valence-electron chi connectivity index (χ1n) is 5.93. The second kappa shape index (κ2) is 5.00. The van der Waals surface area contributed by atoms with E-state index in [0.29, 0.717) is 8.96 Å². The molecule has 0 spiro atoms. The molecule has 0 bridgehead atoms. The SMILES string of the molecule is Cc1ccc2c(C(=O)O)c(I=O)c(C)c(C)c2c1C. The van der Waals surface area contributed by atoms with Gasteiger partial charge in [-0.25, -0.2) is 4.79 Å². The van der Waals surface area contributed by atoms with Crippen molar-refractivity contribution in [3.63, 3.8) is 0 Å². The number of benzene rings is 2. The standard InChI is InChI=1S/C15H15IO3/c1-7-5-6-11-12(8(7)2)9(3)10(4)14(16-19)13(11)15(17)18/h5-6H,1-4H3,(H,17,18). The summed E-state index contributed by atoms with van der Waals surface area (Å²) in [7, 11) is 0. The summed E-state index contributed by atoms with van der Waals surface area (Å²) >= 11 is -1.51. The highest BCUT2D eigenvalue weighted by atomic mass is 127. The van der Waals surface area contributed by atoms with Crippen molar-refractivity contribution < 1.29 is 13.0 Å². The fourth-order valence-electron chi connectivity index (χ4n) is 2.47. The molecule has 2 rings (SSSR count). The number of fused-ring (bicyclic) bond motifs is 1. The average Bonchev–Trinajstić information content (AvgIpc) is 2.36. The van der Waals surface area contributed by atoms with E-state index in [9.17, 15) is 13.0 Å². The molecule has 0 radical (unpaired) electrons. The summed E-state index contributed by atoms with van der Waals surface area (Å²) in [6, 6.07) is 3.75. The number of rotatable bonds is 2. The van der Waals surface area contributed by atoms with E-state index in [1.807, 2.05) is 39.8 Å². The molecule has 0 saturated heterocycles. The Labute approximate surface area is 122 Å². The molecule has 0 fully saturated rings. The zero-order valence-corrected chi connectivity index (χ0v) is 13.5. The average molecular weight is 370 g/mol. The van der Waals surface area contributed by atoms with Gasteiger partial charge < -0.3 is 5.11 Å². The summed E-state index contributed by atoms with van der Waals surface area (Å²) in [5.74, 6) is -0.998. The Morgan fingerprint density at radius 1 is 1.05 bits per heavy atom. The highest BCUT2D eigenvalue weighted by Gasteiger charge is 2.21. The first-order chi connectivity index (χ1) is 8.90. The van der Waals surface area contributed by atoms with Crippen molar-refractivity contribution in [1.29, 1.82) is 0 Å². The summed E-state index contributed by atoms with van der Waals surface area (Å²) in [4.78, 5) is 11.5. The van der Waals surface area contributed by atoms with E-state index in [1.54, 1.807) is 0 Å². The maximum atomic E-state index is 11.5. The molecule has 100 valence electrons. The van der Waals surface area contributed by atoms with Gasteiger partial charge in [-0.3, -0.25) is 3.07 Å². The molecule has 2 aromatic rings. The van der Waals surface area contributed by atoms with Gasteiger partial charge in [0.25, 0.3) is 0 Å². The van der Waals surface area contributed by atoms with Crippen molar-refractivity contribution in [2.24, 2.45) is 0 Å². The summed E-state index contributed by atoms with van der Waals surface area (Å²) in [5.41, 5.74) is 4.32. The zero-order valence-electron chi connectivity index (χ0n) is 11.3. The maximum absolute atomic E-state index is 11.5. The summed E-state index contributed by atoms with van der Waals surface area (Å²) in [5, 5.41) is 11.1. The van der Waals surface area contributed by atoms with E-state index in [0.717, 1.165) is 27.6 Å². The van der Waals surface area contributed by atoms with Gasteiger partial charge in [-0.1, -0.05) is 12.1 Å². The molecular formula is C15H15IO3. The van der Waals surface area contributed by atoms with Crippen molar-refractivity contribution >= 4 is 37.9 Å². The van der Waals surface area contributed by atoms with Gasteiger partial charge in [0.15, 0.2) is 21.2 Å². The number of aromatic carboxylic acids is 1. The van der Waals surface area contributed by atoms with Gasteiger partial charge in [0.1, 0.15) is 0 Å². The molecule has 0 atom stereocenters. The quantitative estimate of drug-likeness (QED) is 0.804. The second-order valence-electron chi connectivity index (χ2n) is 4.75. The topological polar surface area (TPSA) is 54.4 Å². The molecule has 0 aliphatic rings. The number of hydrogen-bond donors (Lipinski definition) is 1. The van der Waals surface area contributed by atoms with Gasteiger partial charge in [-0.2, -0.15) is 0 Å². The summed E-state index contributed by atoms with van der Waals surface area (Å²) < 4.78 is 12.0. The molecule has 0 amide bonds. The molecule has 0 saturated carbocycles. The number of halogens is 1. The third-order valence-corrected chi connectivity index (χ3v) is 5.57. The predicted octanol–water partition coefficient (Wildman–Crippen LogP) is 4.26. The number of carboxylic acid groups (broad SMARTS) is 1. The van der Waals surface area contributed by atoms with Crippen LogP contribution in [0.2, 0.25) is 0 Å². The molecule has 0 heterocycles. The highest BCUT2D eigenvalue weighted by molar-refractivity contribution is 14.1. The first-order valence-corrected chi connectivity index (χ1v) is 7.89. The fraction of sp³-hybridized carbons (Fsp3) is 0.267. The van der Waals surface area contributed by atoms with Gasteiger partial charge in [-0.05, 0) is 60.7 Å². The molecular weight excluding hydrogens is 355 g/mol. The van der Waals surface area contributed by atoms with E-state index < -0.39 is 27.2 Å². The molecule has 2 aromatic carbocycles. The van der Waals surface area contributed by atoms with Crippen LogP contribution in [-0.2, 0) is 3.07 Å². The summed E-state index contributed by atoms with van der Waals surface area (Å²) in [6.45, 7) is 7.84. The molecule has 0 aliphatic carbocycles. The van der Waals surface area contributed by atoms with E-state index in [4.69, 9.17) is 0 Å². The highest BCUT2D eigenvalue weighted by Crippen LogP contribution is 2.35. The fourth-order valence-corrected chi connectivity index (χ4v) is 3.95. The Balaban J connectivity index is 3.15. The van der Waals surface area contributed by atoms with Crippen LogP contribution >= 0.6 is 21.2 Å². The number of carbonyl (C=O) groups is 1. The third-order valence-electron chi connectivity index (χ3n) is 3.78. The van der Waals surface area contributed by atoms with E-state index >= 15 is 0 Å². The van der Waals surface area contributed by atoms with Crippen LogP contribution in [0.5, 0.6) is 0 Å². The Morgan fingerprint density at radius 3 is 2.21 bits per heavy atom. The molecule has 1 N–H and O–H groups in total. The van der Waals surface area contributed by atoms with E-state index in [2.05, 4.69) is 0 Å². The van der Waals surface area contributed by atoms with Gasteiger partial charge in [0.2, 0.25) is 0 Å². The van der Waals surface area contributed by atoms with Crippen molar-refractivity contribution in [2.45, 2.75) is 27.7 Å². The van der Waals surface area contributed by atoms with Gasteiger partial charge in [0, 0.05) is 0 Å². The van der Waals surface area contributed by atoms with Crippen LogP contribution in [0.1, 0.15) is 32.6 Å². The van der Waals surface area contributed by atoms with Crippen molar-refractivity contribution in [3.8, 4) is 0 Å². The Bertz CT molecular complexity index is 717. The zero-order chi connectivity index (χ0) is 14.3. The first kappa shape index (κ1) is 14.1. The Hall–Kier alpha value is -1.30. The molecule has 3 nitrogen and oxygen atoms in total. The second-order valence-corrected chi connectivity index (χ2v) is 6.27. The molecule has 0 aliphatic heterocycles. The van der Waals surface area contributed by atoms with Crippen LogP contribution < -0.4 is 0 Å². The van der Waals surface area contributed by atoms with Crippen LogP contribution in [0.25, 0.3) is 10.8 Å². The minimum absolute atomic E-state index is 0.212. The van der Waals surface area contributed by atoms with Crippen molar-refractivity contribution in [3.05, 3.63) is 43.5 Å². The predicted molar refractivity (Wildman–Crippen MR) is 83.3 cm³/mol. The number of hydrogen-bond acceptors (Lipinski definition) is 2. The van der Waals surface area contributed by atoms with Gasteiger partial charge in [0.05, 0.1) is 9.13 Å². The minimum atomic E-state index is -1.51. The third kappa shape index (κ3) is 2.08. The molecule has 4 heteroatoms. The number of aryl methyl sites for hydroxylation is 3. The maximum Gasteiger partial charge on any atom is 0.337 e. The molecule has 0 aromatic heterocycles. The lowest BCUT2D eigenvalue weighted by atomic mass is 9.91. The van der Waals surface area contributed by atoms with Crippen LogP contribution in [-0.4, -0.2) is 11.1 Å².